The van der Waals surface area contributed by atoms with E-state index < -0.39 is 5.92 Å². The first kappa shape index (κ1) is 16.3. The predicted octanol–water partition coefficient (Wildman–Crippen LogP) is 2.74. The van der Waals surface area contributed by atoms with Gasteiger partial charge in [-0.25, -0.2) is 0 Å². The lowest BCUT2D eigenvalue weighted by atomic mass is 10.1. The third-order valence-electron chi connectivity index (χ3n) is 3.95. The number of aromatic nitrogens is 1. The highest BCUT2D eigenvalue weighted by Gasteiger charge is 2.35. The van der Waals surface area contributed by atoms with Gasteiger partial charge in [0, 0.05) is 30.9 Å². The molecule has 6 nitrogen and oxygen atoms in total. The van der Waals surface area contributed by atoms with Gasteiger partial charge in [-0.1, -0.05) is 17.7 Å². The largest absolute Gasteiger partial charge is 0.508 e. The van der Waals surface area contributed by atoms with Crippen LogP contribution in [-0.2, 0) is 9.59 Å². The van der Waals surface area contributed by atoms with Crippen LogP contribution in [0, 0.1) is 12.8 Å². The van der Waals surface area contributed by atoms with Gasteiger partial charge in [0.15, 0.2) is 0 Å². The number of amides is 2. The van der Waals surface area contributed by atoms with Crippen LogP contribution in [0.5, 0.6) is 5.75 Å². The maximum atomic E-state index is 12.5. The molecule has 2 N–H and O–H groups in total. The van der Waals surface area contributed by atoms with Crippen molar-refractivity contribution in [2.75, 3.05) is 16.8 Å². The number of rotatable bonds is 3. The fourth-order valence-electron chi connectivity index (χ4n) is 2.66. The maximum absolute atomic E-state index is 12.5. The number of hydrogen-bond acceptors (Lipinski definition) is 4. The van der Waals surface area contributed by atoms with Gasteiger partial charge in [-0.2, -0.15) is 0 Å². The van der Waals surface area contributed by atoms with Gasteiger partial charge < -0.3 is 15.3 Å². The molecule has 1 aliphatic heterocycles. The van der Waals surface area contributed by atoms with Gasteiger partial charge in [-0.05, 0) is 25.1 Å². The standard InChI is InChI=1S/C17H16ClN3O3/c1-10-15(6-12(18)8-19-10)20-17(24)11-5-16(23)21(9-11)13-3-2-4-14(22)7-13/h2-4,6-8,11,22H,5,9H2,1H3,(H,20,24). The molecule has 24 heavy (non-hydrogen) atoms. The smallest absolute Gasteiger partial charge is 0.229 e. The topological polar surface area (TPSA) is 82.5 Å². The molecule has 0 saturated carbocycles. The minimum absolute atomic E-state index is 0.0776. The number of nitrogens with one attached hydrogen (secondary N) is 1. The summed E-state index contributed by atoms with van der Waals surface area (Å²) in [6.07, 6.45) is 1.63. The summed E-state index contributed by atoms with van der Waals surface area (Å²) in [7, 11) is 0. The molecule has 2 heterocycles. The first-order valence-electron chi connectivity index (χ1n) is 7.46. The highest BCUT2D eigenvalue weighted by molar-refractivity contribution is 6.30. The van der Waals surface area contributed by atoms with E-state index in [-0.39, 0.29) is 30.5 Å². The summed E-state index contributed by atoms with van der Waals surface area (Å²) in [6, 6.07) is 8.05. The van der Waals surface area contributed by atoms with E-state index in [9.17, 15) is 14.7 Å². The minimum Gasteiger partial charge on any atom is -0.508 e. The first-order valence-corrected chi connectivity index (χ1v) is 7.84. The van der Waals surface area contributed by atoms with E-state index in [0.717, 1.165) is 0 Å². The van der Waals surface area contributed by atoms with Crippen LogP contribution in [0.4, 0.5) is 11.4 Å². The Morgan fingerprint density at radius 3 is 2.96 bits per heavy atom. The van der Waals surface area contributed by atoms with E-state index in [1.807, 2.05) is 0 Å². The number of nitrogens with zero attached hydrogens (tertiary/aromatic N) is 2. The predicted molar refractivity (Wildman–Crippen MR) is 91.2 cm³/mol. The highest BCUT2D eigenvalue weighted by atomic mass is 35.5. The van der Waals surface area contributed by atoms with Crippen molar-refractivity contribution in [1.29, 1.82) is 0 Å². The van der Waals surface area contributed by atoms with Crippen molar-refractivity contribution in [2.24, 2.45) is 5.92 Å². The fraction of sp³-hybridized carbons (Fsp3) is 0.235. The third-order valence-corrected chi connectivity index (χ3v) is 4.16. The molecule has 0 spiro atoms. The van der Waals surface area contributed by atoms with E-state index in [1.165, 1.54) is 23.2 Å². The molecule has 1 fully saturated rings. The van der Waals surface area contributed by atoms with Crippen LogP contribution in [0.15, 0.2) is 36.5 Å². The lowest BCUT2D eigenvalue weighted by molar-refractivity contribution is -0.122. The Bertz CT molecular complexity index is 809. The van der Waals surface area contributed by atoms with E-state index >= 15 is 0 Å². The summed E-state index contributed by atoms with van der Waals surface area (Å²) in [4.78, 5) is 30.3. The van der Waals surface area contributed by atoms with Gasteiger partial charge in [-0.3, -0.25) is 14.6 Å². The number of phenolic OH excluding ortho intramolecular Hbond substituents is 1. The van der Waals surface area contributed by atoms with Gasteiger partial charge >= 0.3 is 0 Å². The summed E-state index contributed by atoms with van der Waals surface area (Å²) in [5.74, 6) is -0.799. The average Bonchev–Trinajstić information content (AvgIpc) is 2.93. The Labute approximate surface area is 144 Å². The number of hydrogen-bond donors (Lipinski definition) is 2. The number of aryl methyl sites for hydroxylation is 1. The van der Waals surface area contributed by atoms with Gasteiger partial charge in [0.25, 0.3) is 0 Å². The summed E-state index contributed by atoms with van der Waals surface area (Å²) < 4.78 is 0. The number of phenols is 1. The Hall–Kier alpha value is -2.60. The van der Waals surface area contributed by atoms with E-state index in [0.29, 0.717) is 22.1 Å². The molecular weight excluding hydrogens is 330 g/mol. The molecular formula is C17H16ClN3O3. The molecule has 7 heteroatoms. The number of anilines is 2. The number of pyridine rings is 1. The Morgan fingerprint density at radius 2 is 2.21 bits per heavy atom. The van der Waals surface area contributed by atoms with Crippen LogP contribution >= 0.6 is 11.6 Å². The normalized spacial score (nSPS) is 17.2. The SMILES string of the molecule is Cc1ncc(Cl)cc1NC(=O)C1CC(=O)N(c2cccc(O)c2)C1. The Morgan fingerprint density at radius 1 is 1.42 bits per heavy atom. The molecule has 2 amide bonds. The molecule has 1 unspecified atom stereocenters. The molecule has 2 aromatic rings. The van der Waals surface area contributed by atoms with E-state index in [2.05, 4.69) is 10.3 Å². The van der Waals surface area contributed by atoms with Gasteiger partial charge in [0.1, 0.15) is 5.75 Å². The molecule has 0 bridgehead atoms. The van der Waals surface area contributed by atoms with Crippen LogP contribution in [0.1, 0.15) is 12.1 Å². The van der Waals surface area contributed by atoms with Crippen LogP contribution < -0.4 is 10.2 Å². The number of halogens is 1. The number of carbonyl (C=O) groups excluding carboxylic acids is 2. The average molecular weight is 346 g/mol. The fourth-order valence-corrected chi connectivity index (χ4v) is 2.82. The van der Waals surface area contributed by atoms with Gasteiger partial charge in [-0.15, -0.1) is 0 Å². The Balaban J connectivity index is 1.73. The molecule has 1 saturated heterocycles. The molecule has 1 atom stereocenters. The van der Waals surface area contributed by atoms with Crippen LogP contribution in [0.3, 0.4) is 0 Å². The van der Waals surface area contributed by atoms with Crippen molar-refractivity contribution >= 4 is 34.8 Å². The molecule has 124 valence electrons. The van der Waals surface area contributed by atoms with Crippen molar-refractivity contribution in [3.63, 3.8) is 0 Å². The second-order valence-electron chi connectivity index (χ2n) is 5.70. The third kappa shape index (κ3) is 3.33. The molecule has 1 aromatic heterocycles. The summed E-state index contributed by atoms with van der Waals surface area (Å²) >= 11 is 5.90. The van der Waals surface area contributed by atoms with Gasteiger partial charge in [0.05, 0.1) is 22.3 Å². The van der Waals surface area contributed by atoms with Gasteiger partial charge in [0.2, 0.25) is 11.8 Å². The van der Waals surface area contributed by atoms with Crippen molar-refractivity contribution in [2.45, 2.75) is 13.3 Å². The number of aromatic hydroxyl groups is 1. The van der Waals surface area contributed by atoms with Crippen molar-refractivity contribution in [1.82, 2.24) is 4.98 Å². The molecule has 3 rings (SSSR count). The lowest BCUT2D eigenvalue weighted by Crippen LogP contribution is -2.28. The monoisotopic (exact) mass is 345 g/mol. The molecule has 1 aliphatic rings. The summed E-state index contributed by atoms with van der Waals surface area (Å²) in [5.41, 5.74) is 1.77. The Kier molecular flexibility index (Phi) is 4.40. The maximum Gasteiger partial charge on any atom is 0.229 e. The zero-order valence-electron chi connectivity index (χ0n) is 13.0. The van der Waals surface area contributed by atoms with E-state index in [1.54, 1.807) is 25.1 Å². The van der Waals surface area contributed by atoms with Crippen LogP contribution in [0.25, 0.3) is 0 Å². The quantitative estimate of drug-likeness (QED) is 0.896. The summed E-state index contributed by atoms with van der Waals surface area (Å²) in [5, 5.41) is 12.8. The minimum atomic E-state index is -0.474. The van der Waals surface area contributed by atoms with Crippen LogP contribution in [0.2, 0.25) is 5.02 Å². The van der Waals surface area contributed by atoms with Crippen molar-refractivity contribution in [3.8, 4) is 5.75 Å². The number of carbonyl (C=O) groups is 2. The highest BCUT2D eigenvalue weighted by Crippen LogP contribution is 2.28. The first-order chi connectivity index (χ1) is 11.4. The molecule has 1 aromatic carbocycles. The van der Waals surface area contributed by atoms with Crippen molar-refractivity contribution in [3.05, 3.63) is 47.2 Å². The van der Waals surface area contributed by atoms with Crippen LogP contribution in [-0.4, -0.2) is 28.4 Å². The van der Waals surface area contributed by atoms with Crippen molar-refractivity contribution < 1.29 is 14.7 Å². The molecule has 0 radical (unpaired) electrons. The zero-order valence-corrected chi connectivity index (χ0v) is 13.7. The summed E-state index contributed by atoms with van der Waals surface area (Å²) in [6.45, 7) is 2.03. The molecule has 0 aliphatic carbocycles. The zero-order chi connectivity index (χ0) is 17.3. The second kappa shape index (κ2) is 6.49. The number of benzene rings is 1. The van der Waals surface area contributed by atoms with E-state index in [4.69, 9.17) is 11.6 Å². The lowest BCUT2D eigenvalue weighted by Gasteiger charge is -2.17. The second-order valence-corrected chi connectivity index (χ2v) is 6.14.